The van der Waals surface area contributed by atoms with Gasteiger partial charge in [-0.3, -0.25) is 0 Å². The van der Waals surface area contributed by atoms with E-state index in [4.69, 9.17) is 23.7 Å². The summed E-state index contributed by atoms with van der Waals surface area (Å²) >= 11 is 0. The van der Waals surface area contributed by atoms with E-state index in [0.29, 0.717) is 38.7 Å². The molecule has 5 rings (SSSR count). The largest absolute Gasteiger partial charge is 0.463 e. The Balaban J connectivity index is 1.51. The molecule has 2 bridgehead atoms. The molecule has 2 saturated heterocycles. The van der Waals surface area contributed by atoms with Crippen LogP contribution in [0.5, 0.6) is 0 Å². The Morgan fingerprint density at radius 2 is 1.79 bits per heavy atom. The Morgan fingerprint density at radius 1 is 1.05 bits per heavy atom. The SMILES string of the molecule is CC1CCCOC(=O)/C=C\C=C/C(=O)OC2CC3OC4C=C(CO)CCC4(COC(=O)C1O)C2(C)C31CO1. The number of carbonyl (C=O) groups excluding carboxylic acids is 3. The predicted octanol–water partition coefficient (Wildman–Crippen LogP) is 1.53. The fraction of sp³-hybridized carbons (Fsp3) is 0.679. The van der Waals surface area contributed by atoms with Gasteiger partial charge in [-0.1, -0.05) is 32.1 Å². The van der Waals surface area contributed by atoms with E-state index in [2.05, 4.69) is 0 Å². The molecular formula is C28H36O10. The number of allylic oxidation sites excluding steroid dienone is 2. The smallest absolute Gasteiger partial charge is 0.335 e. The number of aliphatic hydroxyl groups is 2. The van der Waals surface area contributed by atoms with Crippen molar-refractivity contribution in [2.45, 2.75) is 76.0 Å². The Labute approximate surface area is 221 Å². The summed E-state index contributed by atoms with van der Waals surface area (Å²) in [6.45, 7) is 4.16. The molecule has 2 N–H and O–H groups in total. The average Bonchev–Trinajstić information content (AvgIpc) is 3.69. The maximum atomic E-state index is 13.0. The maximum Gasteiger partial charge on any atom is 0.335 e. The van der Waals surface area contributed by atoms with Gasteiger partial charge in [0.25, 0.3) is 0 Å². The molecule has 3 fully saturated rings. The predicted molar refractivity (Wildman–Crippen MR) is 131 cm³/mol. The molecular weight excluding hydrogens is 496 g/mol. The van der Waals surface area contributed by atoms with Crippen molar-refractivity contribution in [3.63, 3.8) is 0 Å². The molecule has 0 radical (unpaired) electrons. The minimum absolute atomic E-state index is 0.0614. The number of esters is 3. The number of rotatable bonds is 1. The fourth-order valence-corrected chi connectivity index (χ4v) is 6.93. The lowest BCUT2D eigenvalue weighted by molar-refractivity contribution is -0.235. The standard InChI is InChI=1S/C28H36O10/c1-17-6-5-11-34-22(30)7-3-4-8-23(31)38-19-13-21-28(16-36-28)26(19,2)27(15-35-25(33)24(17)32)10-9-18(14-29)12-20(27)37-21/h3-4,7-8,12,17,19-21,24,29,32H,5-6,9-11,13-16H2,1-2H3/b7-3-,8-4-. The molecule has 2 aliphatic carbocycles. The third-order valence-electron chi connectivity index (χ3n) is 9.43. The van der Waals surface area contributed by atoms with Crippen LogP contribution in [0.25, 0.3) is 0 Å². The van der Waals surface area contributed by atoms with Crippen LogP contribution in [0.15, 0.2) is 36.0 Å². The first-order valence-corrected chi connectivity index (χ1v) is 13.3. The molecule has 3 heterocycles. The second-order valence-electron chi connectivity index (χ2n) is 11.3. The van der Waals surface area contributed by atoms with Crippen LogP contribution in [0.1, 0.15) is 46.0 Å². The summed E-state index contributed by atoms with van der Waals surface area (Å²) in [7, 11) is 0. The first-order valence-electron chi connectivity index (χ1n) is 13.3. The summed E-state index contributed by atoms with van der Waals surface area (Å²) in [5.74, 6) is -2.29. The highest BCUT2D eigenvalue weighted by Crippen LogP contribution is 2.72. The first-order chi connectivity index (χ1) is 18.2. The van der Waals surface area contributed by atoms with Gasteiger partial charge in [-0.15, -0.1) is 0 Å². The first kappa shape index (κ1) is 27.1. The van der Waals surface area contributed by atoms with Crippen molar-refractivity contribution < 1.29 is 48.3 Å². The third kappa shape index (κ3) is 4.31. The van der Waals surface area contributed by atoms with Crippen molar-refractivity contribution in [1.29, 1.82) is 0 Å². The molecule has 3 aliphatic heterocycles. The quantitative estimate of drug-likeness (QED) is 0.221. The Kier molecular flexibility index (Phi) is 7.28. The molecule has 8 unspecified atom stereocenters. The van der Waals surface area contributed by atoms with E-state index in [1.807, 2.05) is 13.0 Å². The van der Waals surface area contributed by atoms with Gasteiger partial charge in [0.15, 0.2) is 6.10 Å². The molecule has 208 valence electrons. The Morgan fingerprint density at radius 3 is 2.50 bits per heavy atom. The molecule has 2 spiro atoms. The molecule has 10 heteroatoms. The molecule has 0 aromatic rings. The van der Waals surface area contributed by atoms with Crippen molar-refractivity contribution in [2.24, 2.45) is 16.7 Å². The summed E-state index contributed by atoms with van der Waals surface area (Å²) in [6, 6.07) is 0. The molecule has 8 atom stereocenters. The van der Waals surface area contributed by atoms with Gasteiger partial charge >= 0.3 is 17.9 Å². The fourth-order valence-electron chi connectivity index (χ4n) is 6.93. The Bertz CT molecular complexity index is 1060. The summed E-state index contributed by atoms with van der Waals surface area (Å²) < 4.78 is 29.6. The zero-order valence-corrected chi connectivity index (χ0v) is 21.8. The number of carbonyl (C=O) groups is 3. The lowest BCUT2D eigenvalue weighted by Gasteiger charge is -2.58. The maximum absolute atomic E-state index is 13.0. The topological polar surface area (TPSA) is 141 Å². The molecule has 10 nitrogen and oxygen atoms in total. The van der Waals surface area contributed by atoms with Crippen molar-refractivity contribution in [1.82, 2.24) is 0 Å². The highest BCUT2D eigenvalue weighted by molar-refractivity contribution is 5.84. The number of hydrogen-bond donors (Lipinski definition) is 2. The van der Waals surface area contributed by atoms with Crippen LogP contribution in [0, 0.1) is 16.7 Å². The summed E-state index contributed by atoms with van der Waals surface area (Å²) in [4.78, 5) is 37.8. The van der Waals surface area contributed by atoms with Crippen LogP contribution in [0.4, 0.5) is 0 Å². The van der Waals surface area contributed by atoms with E-state index in [1.165, 1.54) is 24.3 Å². The van der Waals surface area contributed by atoms with Crippen LogP contribution >= 0.6 is 0 Å². The molecule has 38 heavy (non-hydrogen) atoms. The second kappa shape index (κ2) is 10.2. The second-order valence-corrected chi connectivity index (χ2v) is 11.3. The van der Waals surface area contributed by atoms with Gasteiger partial charge < -0.3 is 33.9 Å². The third-order valence-corrected chi connectivity index (χ3v) is 9.43. The summed E-state index contributed by atoms with van der Waals surface area (Å²) in [5, 5.41) is 20.5. The molecule has 0 amide bonds. The Hall–Kier alpha value is -2.53. The van der Waals surface area contributed by atoms with Crippen LogP contribution in [-0.4, -0.2) is 84.6 Å². The van der Waals surface area contributed by atoms with E-state index in [0.717, 1.165) is 5.57 Å². The highest BCUT2D eigenvalue weighted by atomic mass is 16.6. The van der Waals surface area contributed by atoms with Crippen molar-refractivity contribution >= 4 is 17.9 Å². The van der Waals surface area contributed by atoms with Crippen LogP contribution in [-0.2, 0) is 38.1 Å². The van der Waals surface area contributed by atoms with E-state index < -0.39 is 58.6 Å². The van der Waals surface area contributed by atoms with Gasteiger partial charge in [0.1, 0.15) is 18.3 Å². The average molecular weight is 533 g/mol. The van der Waals surface area contributed by atoms with Gasteiger partial charge in [-0.2, -0.15) is 0 Å². The number of ether oxygens (including phenoxy) is 5. The van der Waals surface area contributed by atoms with E-state index in [1.54, 1.807) is 6.92 Å². The summed E-state index contributed by atoms with van der Waals surface area (Å²) in [6.07, 6.45) is 6.82. The highest BCUT2D eigenvalue weighted by Gasteiger charge is 2.83. The molecule has 0 aromatic carbocycles. The van der Waals surface area contributed by atoms with Gasteiger partial charge in [0.2, 0.25) is 0 Å². The minimum atomic E-state index is -1.35. The lowest BCUT2D eigenvalue weighted by Crippen LogP contribution is -2.67. The number of epoxide rings is 1. The van der Waals surface area contributed by atoms with Gasteiger partial charge in [0.05, 0.1) is 37.4 Å². The van der Waals surface area contributed by atoms with Gasteiger partial charge in [0, 0.05) is 24.0 Å². The lowest BCUT2D eigenvalue weighted by atomic mass is 9.51. The summed E-state index contributed by atoms with van der Waals surface area (Å²) in [5.41, 5.74) is -1.44. The van der Waals surface area contributed by atoms with E-state index >= 15 is 0 Å². The molecule has 1 saturated carbocycles. The molecule has 0 aromatic heterocycles. The zero-order valence-electron chi connectivity index (χ0n) is 21.8. The zero-order chi connectivity index (χ0) is 27.1. The minimum Gasteiger partial charge on any atom is -0.463 e. The van der Waals surface area contributed by atoms with Crippen molar-refractivity contribution in [2.75, 3.05) is 26.4 Å². The van der Waals surface area contributed by atoms with Gasteiger partial charge in [-0.05, 0) is 37.2 Å². The van der Waals surface area contributed by atoms with Crippen molar-refractivity contribution in [3.05, 3.63) is 36.0 Å². The van der Waals surface area contributed by atoms with E-state index in [9.17, 15) is 24.6 Å². The normalized spacial score (nSPS) is 45.3. The molecule has 5 aliphatic rings. The van der Waals surface area contributed by atoms with Crippen LogP contribution in [0.2, 0.25) is 0 Å². The monoisotopic (exact) mass is 532 g/mol. The van der Waals surface area contributed by atoms with Crippen molar-refractivity contribution in [3.8, 4) is 0 Å². The number of aliphatic hydroxyl groups excluding tert-OH is 2. The van der Waals surface area contributed by atoms with E-state index in [-0.39, 0.29) is 25.9 Å². The number of cyclic esters (lactones) is 2. The van der Waals surface area contributed by atoms with Crippen LogP contribution in [0.3, 0.4) is 0 Å². The van der Waals surface area contributed by atoms with Gasteiger partial charge in [-0.25, -0.2) is 14.4 Å². The van der Waals surface area contributed by atoms with Crippen LogP contribution < -0.4 is 0 Å². The number of hydrogen-bond acceptors (Lipinski definition) is 10.